The van der Waals surface area contributed by atoms with Crippen molar-refractivity contribution in [3.8, 4) is 0 Å². The maximum Gasteiger partial charge on any atom is 0.0995 e. The molecule has 1 atom stereocenters. The van der Waals surface area contributed by atoms with Crippen molar-refractivity contribution >= 4 is 34.5 Å². The monoisotopic (exact) mass is 314 g/mol. The SMILES string of the molecule is CCCc1ccc(C(NN)c2cc(Cl)sc2Cl)cc1. The van der Waals surface area contributed by atoms with Crippen LogP contribution >= 0.6 is 34.5 Å². The minimum absolute atomic E-state index is 0.132. The van der Waals surface area contributed by atoms with Crippen LogP contribution in [0, 0.1) is 0 Å². The van der Waals surface area contributed by atoms with E-state index < -0.39 is 0 Å². The van der Waals surface area contributed by atoms with Crippen LogP contribution in [0.1, 0.15) is 36.1 Å². The number of thiophene rings is 1. The Labute approximate surface area is 127 Å². The molecule has 2 rings (SSSR count). The lowest BCUT2D eigenvalue weighted by atomic mass is 9.99. The Morgan fingerprint density at radius 1 is 1.26 bits per heavy atom. The topological polar surface area (TPSA) is 38.0 Å². The molecule has 1 aromatic heterocycles. The molecule has 19 heavy (non-hydrogen) atoms. The fourth-order valence-electron chi connectivity index (χ4n) is 2.08. The highest BCUT2D eigenvalue weighted by atomic mass is 35.5. The minimum atomic E-state index is -0.132. The van der Waals surface area contributed by atoms with Crippen molar-refractivity contribution in [1.82, 2.24) is 5.43 Å². The number of nitrogens with two attached hydrogens (primary N) is 1. The summed E-state index contributed by atoms with van der Waals surface area (Å²) < 4.78 is 1.34. The molecule has 1 unspecified atom stereocenters. The van der Waals surface area contributed by atoms with Crippen molar-refractivity contribution in [3.63, 3.8) is 0 Å². The second-order valence-corrected chi connectivity index (χ2v) is 6.66. The number of rotatable bonds is 5. The van der Waals surface area contributed by atoms with Crippen LogP contribution in [0.15, 0.2) is 30.3 Å². The van der Waals surface area contributed by atoms with Crippen LogP contribution in [-0.4, -0.2) is 0 Å². The molecule has 0 radical (unpaired) electrons. The average molecular weight is 315 g/mol. The number of nitrogens with one attached hydrogen (secondary N) is 1. The van der Waals surface area contributed by atoms with E-state index in [1.54, 1.807) is 0 Å². The molecule has 0 saturated carbocycles. The summed E-state index contributed by atoms with van der Waals surface area (Å²) in [7, 11) is 0. The molecule has 1 heterocycles. The van der Waals surface area contributed by atoms with Crippen LogP contribution in [0.3, 0.4) is 0 Å². The quantitative estimate of drug-likeness (QED) is 0.627. The fourth-order valence-corrected chi connectivity index (χ4v) is 3.61. The molecular weight excluding hydrogens is 299 g/mol. The largest absolute Gasteiger partial charge is 0.271 e. The van der Waals surface area contributed by atoms with E-state index in [9.17, 15) is 0 Å². The van der Waals surface area contributed by atoms with Crippen LogP contribution < -0.4 is 11.3 Å². The molecule has 0 spiro atoms. The van der Waals surface area contributed by atoms with E-state index in [-0.39, 0.29) is 6.04 Å². The van der Waals surface area contributed by atoms with Gasteiger partial charge in [0.25, 0.3) is 0 Å². The molecule has 0 fully saturated rings. The zero-order valence-electron chi connectivity index (χ0n) is 10.6. The first-order valence-corrected chi connectivity index (χ1v) is 7.72. The third-order valence-corrected chi connectivity index (χ3v) is 4.53. The van der Waals surface area contributed by atoms with Gasteiger partial charge in [-0.1, -0.05) is 60.8 Å². The Balaban J connectivity index is 2.29. The lowest BCUT2D eigenvalue weighted by Crippen LogP contribution is -2.28. The Bertz CT molecular complexity index is 537. The number of halogens is 2. The van der Waals surface area contributed by atoms with E-state index in [4.69, 9.17) is 29.0 Å². The molecule has 2 aromatic rings. The van der Waals surface area contributed by atoms with Gasteiger partial charge >= 0.3 is 0 Å². The molecule has 0 aliphatic heterocycles. The van der Waals surface area contributed by atoms with Crippen molar-refractivity contribution < 1.29 is 0 Å². The van der Waals surface area contributed by atoms with E-state index in [1.807, 2.05) is 6.07 Å². The van der Waals surface area contributed by atoms with Crippen molar-refractivity contribution in [3.05, 3.63) is 55.7 Å². The van der Waals surface area contributed by atoms with Gasteiger partial charge < -0.3 is 0 Å². The highest BCUT2D eigenvalue weighted by molar-refractivity contribution is 7.20. The Hall–Kier alpha value is -0.580. The van der Waals surface area contributed by atoms with E-state index in [2.05, 4.69) is 36.6 Å². The number of hydrazine groups is 1. The van der Waals surface area contributed by atoms with Crippen LogP contribution in [0.4, 0.5) is 0 Å². The first-order valence-electron chi connectivity index (χ1n) is 6.15. The van der Waals surface area contributed by atoms with Gasteiger partial charge in [-0.15, -0.1) is 11.3 Å². The van der Waals surface area contributed by atoms with E-state index in [0.29, 0.717) is 8.67 Å². The average Bonchev–Trinajstić information content (AvgIpc) is 2.72. The summed E-state index contributed by atoms with van der Waals surface area (Å²) in [6.07, 6.45) is 2.23. The van der Waals surface area contributed by atoms with E-state index in [1.165, 1.54) is 16.9 Å². The molecule has 2 nitrogen and oxygen atoms in total. The summed E-state index contributed by atoms with van der Waals surface area (Å²) in [5.74, 6) is 5.66. The number of hydrogen-bond acceptors (Lipinski definition) is 3. The van der Waals surface area contributed by atoms with Crippen LogP contribution in [0.2, 0.25) is 8.67 Å². The van der Waals surface area contributed by atoms with Crippen LogP contribution in [0.5, 0.6) is 0 Å². The number of hydrogen-bond donors (Lipinski definition) is 2. The van der Waals surface area contributed by atoms with Gasteiger partial charge in [0.1, 0.15) is 0 Å². The summed E-state index contributed by atoms with van der Waals surface area (Å²) in [6, 6.07) is 10.1. The zero-order chi connectivity index (χ0) is 13.8. The van der Waals surface area contributed by atoms with Crippen LogP contribution in [-0.2, 0) is 6.42 Å². The zero-order valence-corrected chi connectivity index (χ0v) is 12.9. The molecule has 5 heteroatoms. The number of aryl methyl sites for hydroxylation is 1. The first kappa shape index (κ1) is 14.8. The van der Waals surface area contributed by atoms with Crippen molar-refractivity contribution in [2.45, 2.75) is 25.8 Å². The van der Waals surface area contributed by atoms with Gasteiger partial charge in [-0.3, -0.25) is 5.84 Å². The molecule has 102 valence electrons. The van der Waals surface area contributed by atoms with E-state index >= 15 is 0 Å². The number of benzene rings is 1. The van der Waals surface area contributed by atoms with Gasteiger partial charge in [-0.2, -0.15) is 0 Å². The highest BCUT2D eigenvalue weighted by Gasteiger charge is 2.18. The third-order valence-electron chi connectivity index (χ3n) is 3.01. The molecule has 3 N–H and O–H groups in total. The molecule has 0 saturated heterocycles. The van der Waals surface area contributed by atoms with Crippen molar-refractivity contribution in [2.24, 2.45) is 5.84 Å². The summed E-state index contributed by atoms with van der Waals surface area (Å²) >= 11 is 13.5. The Morgan fingerprint density at radius 2 is 1.95 bits per heavy atom. The van der Waals surface area contributed by atoms with Gasteiger partial charge in [0.2, 0.25) is 0 Å². The molecule has 0 bridgehead atoms. The smallest absolute Gasteiger partial charge is 0.0995 e. The molecule has 1 aromatic carbocycles. The van der Waals surface area contributed by atoms with Gasteiger partial charge in [-0.25, -0.2) is 5.43 Å². The normalized spacial score (nSPS) is 12.6. The summed E-state index contributed by atoms with van der Waals surface area (Å²) in [5.41, 5.74) is 6.13. The predicted octanol–water partition coefficient (Wildman–Crippen LogP) is 4.56. The fraction of sp³-hybridized carbons (Fsp3) is 0.286. The van der Waals surface area contributed by atoms with Crippen LogP contribution in [0.25, 0.3) is 0 Å². The Kier molecular flexibility index (Phi) is 5.25. The highest BCUT2D eigenvalue weighted by Crippen LogP contribution is 2.37. The van der Waals surface area contributed by atoms with Crippen molar-refractivity contribution in [1.29, 1.82) is 0 Å². The summed E-state index contributed by atoms with van der Waals surface area (Å²) in [4.78, 5) is 0. The lowest BCUT2D eigenvalue weighted by Gasteiger charge is -2.16. The summed E-state index contributed by atoms with van der Waals surface area (Å²) in [6.45, 7) is 2.17. The Morgan fingerprint density at radius 3 is 2.42 bits per heavy atom. The molecular formula is C14H16Cl2N2S. The van der Waals surface area contributed by atoms with E-state index in [0.717, 1.165) is 24.0 Å². The lowest BCUT2D eigenvalue weighted by molar-refractivity contribution is 0.638. The van der Waals surface area contributed by atoms with Crippen molar-refractivity contribution in [2.75, 3.05) is 0 Å². The summed E-state index contributed by atoms with van der Waals surface area (Å²) in [5, 5.41) is 0. The second kappa shape index (κ2) is 6.73. The predicted molar refractivity (Wildman–Crippen MR) is 83.9 cm³/mol. The third kappa shape index (κ3) is 3.50. The van der Waals surface area contributed by atoms with Gasteiger partial charge in [0.05, 0.1) is 14.7 Å². The maximum absolute atomic E-state index is 6.19. The van der Waals surface area contributed by atoms with Gasteiger partial charge in [-0.05, 0) is 23.6 Å². The standard InChI is InChI=1S/C14H16Cl2N2S/c1-2-3-9-4-6-10(7-5-9)13(18-17)11-8-12(15)19-14(11)16/h4-8,13,18H,2-3,17H2,1H3. The van der Waals surface area contributed by atoms with Gasteiger partial charge in [0, 0.05) is 5.56 Å². The molecule has 0 aliphatic rings. The molecule has 0 aliphatic carbocycles. The minimum Gasteiger partial charge on any atom is -0.271 e. The van der Waals surface area contributed by atoms with Gasteiger partial charge in [0.15, 0.2) is 0 Å². The second-order valence-electron chi connectivity index (χ2n) is 4.37. The molecule has 0 amide bonds. The first-order chi connectivity index (χ1) is 9.15. The maximum atomic E-state index is 6.19.